The molecule has 26 heavy (non-hydrogen) atoms. The third kappa shape index (κ3) is 4.40. The van der Waals surface area contributed by atoms with Crippen molar-refractivity contribution in [3.8, 4) is 0 Å². The third-order valence-corrected chi connectivity index (χ3v) is 2.40. The Bertz CT molecular complexity index is 494. The fourth-order valence-corrected chi connectivity index (χ4v) is 0.964. The van der Waals surface area contributed by atoms with Gasteiger partial charge in [0.1, 0.15) is 0 Å². The third-order valence-electron chi connectivity index (χ3n) is 2.40. The van der Waals surface area contributed by atoms with Gasteiger partial charge in [0.2, 0.25) is 0 Å². The molecule has 0 bridgehead atoms. The van der Waals surface area contributed by atoms with Gasteiger partial charge in [0.15, 0.2) is 0 Å². The Balaban J connectivity index is 5.84. The number of alkyl halides is 15. The molecule has 0 atom stereocenters. The van der Waals surface area contributed by atoms with Crippen molar-refractivity contribution in [3.05, 3.63) is 0 Å². The highest BCUT2D eigenvalue weighted by atomic mass is 19.4. The SMILES string of the molecule is CCC(F)(F)OC(F)(F)C(F)(F)OC(F)(F)C(F)(F)C(F)(F)C(F)(F)F. The van der Waals surface area contributed by atoms with Gasteiger partial charge in [-0.3, -0.25) is 0 Å². The van der Waals surface area contributed by atoms with Crippen molar-refractivity contribution < 1.29 is 75.3 Å². The summed E-state index contributed by atoms with van der Waals surface area (Å²) in [4.78, 5) is 0. The molecule has 0 heterocycles. The first-order chi connectivity index (χ1) is 11.0. The maximum atomic E-state index is 12.8. The normalized spacial score (nSPS) is 16.2. The maximum Gasteiger partial charge on any atom is 0.460 e. The summed E-state index contributed by atoms with van der Waals surface area (Å²) < 4.78 is 190. The molecule has 0 fully saturated rings. The van der Waals surface area contributed by atoms with Crippen LogP contribution < -0.4 is 0 Å². The predicted molar refractivity (Wildman–Crippen MR) is 48.2 cm³/mol. The summed E-state index contributed by atoms with van der Waals surface area (Å²) in [5, 5.41) is 0. The van der Waals surface area contributed by atoms with E-state index in [2.05, 4.69) is 4.74 Å². The first kappa shape index (κ1) is 24.9. The molecule has 0 unspecified atom stereocenters. The van der Waals surface area contributed by atoms with E-state index in [4.69, 9.17) is 0 Å². The molecule has 0 saturated carbocycles. The van der Waals surface area contributed by atoms with Crippen molar-refractivity contribution in [1.82, 2.24) is 0 Å². The summed E-state index contributed by atoms with van der Waals surface area (Å²) >= 11 is 0. The molecule has 0 spiro atoms. The van der Waals surface area contributed by atoms with E-state index in [1.54, 1.807) is 0 Å². The van der Waals surface area contributed by atoms with Crippen LogP contribution >= 0.6 is 0 Å². The van der Waals surface area contributed by atoms with Gasteiger partial charge < -0.3 is 0 Å². The van der Waals surface area contributed by atoms with E-state index in [1.807, 2.05) is 0 Å². The van der Waals surface area contributed by atoms with Gasteiger partial charge in [-0.25, -0.2) is 9.47 Å². The summed E-state index contributed by atoms with van der Waals surface area (Å²) in [5.74, 6) is -15.6. The topological polar surface area (TPSA) is 18.5 Å². The molecule has 0 saturated heterocycles. The lowest BCUT2D eigenvalue weighted by Gasteiger charge is -2.36. The minimum Gasteiger partial charge on any atom is -0.248 e. The van der Waals surface area contributed by atoms with Gasteiger partial charge in [0.05, 0.1) is 0 Å². The molecule has 0 N–H and O–H groups in total. The van der Waals surface area contributed by atoms with E-state index < -0.39 is 48.9 Å². The van der Waals surface area contributed by atoms with E-state index in [9.17, 15) is 65.9 Å². The molecule has 0 aliphatic heterocycles. The second-order valence-corrected chi connectivity index (χ2v) is 4.39. The second-order valence-electron chi connectivity index (χ2n) is 4.39. The molecule has 0 radical (unpaired) electrons. The second kappa shape index (κ2) is 6.49. The number of ether oxygens (including phenoxy) is 2. The number of halogens is 15. The fourth-order valence-electron chi connectivity index (χ4n) is 0.964. The Labute approximate surface area is 132 Å². The van der Waals surface area contributed by atoms with Crippen molar-refractivity contribution in [1.29, 1.82) is 0 Å². The number of hydrogen-bond donors (Lipinski definition) is 0. The van der Waals surface area contributed by atoms with E-state index in [1.165, 1.54) is 4.74 Å². The highest BCUT2D eigenvalue weighted by molar-refractivity contribution is 4.97. The van der Waals surface area contributed by atoms with Gasteiger partial charge in [-0.1, -0.05) is 6.92 Å². The van der Waals surface area contributed by atoms with Crippen LogP contribution in [-0.4, -0.2) is 42.5 Å². The Morgan fingerprint density at radius 2 is 0.846 bits per heavy atom. The lowest BCUT2D eigenvalue weighted by atomic mass is 10.1. The molecule has 0 aromatic carbocycles. The van der Waals surface area contributed by atoms with E-state index in [0.717, 1.165) is 0 Å². The molecule has 17 heteroatoms. The summed E-state index contributed by atoms with van der Waals surface area (Å²) in [6, 6.07) is 0. The van der Waals surface area contributed by atoms with E-state index >= 15 is 0 Å². The predicted octanol–water partition coefficient (Wildman–Crippen LogP) is 5.63. The van der Waals surface area contributed by atoms with Crippen molar-refractivity contribution in [2.24, 2.45) is 0 Å². The van der Waals surface area contributed by atoms with Crippen molar-refractivity contribution in [3.63, 3.8) is 0 Å². The summed E-state index contributed by atoms with van der Waals surface area (Å²) in [7, 11) is 0. The Morgan fingerprint density at radius 1 is 0.500 bits per heavy atom. The molecule has 0 aliphatic rings. The summed E-state index contributed by atoms with van der Waals surface area (Å²) in [6.07, 6.45) is -36.0. The molecular formula is C9H5F15O2. The molecule has 158 valence electrons. The molecule has 0 aliphatic carbocycles. The van der Waals surface area contributed by atoms with Crippen LogP contribution in [-0.2, 0) is 9.47 Å². The van der Waals surface area contributed by atoms with Gasteiger partial charge in [0, 0.05) is 6.42 Å². The van der Waals surface area contributed by atoms with Crippen LogP contribution in [0.2, 0.25) is 0 Å². The average molecular weight is 430 g/mol. The minimum atomic E-state index is -7.84. The average Bonchev–Trinajstić information content (AvgIpc) is 2.34. The molecular weight excluding hydrogens is 425 g/mol. The number of rotatable bonds is 8. The molecule has 0 aromatic heterocycles. The van der Waals surface area contributed by atoms with Crippen LogP contribution in [0.4, 0.5) is 65.9 Å². The van der Waals surface area contributed by atoms with Gasteiger partial charge in [-0.2, -0.15) is 65.9 Å². The van der Waals surface area contributed by atoms with Crippen LogP contribution in [0, 0.1) is 0 Å². The number of hydrogen-bond acceptors (Lipinski definition) is 2. The molecule has 0 amide bonds. The van der Waals surface area contributed by atoms with Gasteiger partial charge in [-0.05, 0) is 0 Å². The molecule has 2 nitrogen and oxygen atoms in total. The smallest absolute Gasteiger partial charge is 0.248 e. The van der Waals surface area contributed by atoms with Crippen LogP contribution in [0.1, 0.15) is 13.3 Å². The highest BCUT2D eigenvalue weighted by Crippen LogP contribution is 2.55. The van der Waals surface area contributed by atoms with Gasteiger partial charge >= 0.3 is 42.5 Å². The first-order valence-corrected chi connectivity index (χ1v) is 5.71. The zero-order valence-corrected chi connectivity index (χ0v) is 11.7. The van der Waals surface area contributed by atoms with E-state index in [-0.39, 0.29) is 0 Å². The molecule has 0 rings (SSSR count). The largest absolute Gasteiger partial charge is 0.460 e. The zero-order valence-electron chi connectivity index (χ0n) is 11.7. The maximum absolute atomic E-state index is 12.8. The summed E-state index contributed by atoms with van der Waals surface area (Å²) in [6.45, 7) is 0.349. The van der Waals surface area contributed by atoms with Gasteiger partial charge in [-0.15, -0.1) is 0 Å². The van der Waals surface area contributed by atoms with Crippen molar-refractivity contribution >= 4 is 0 Å². The van der Waals surface area contributed by atoms with Crippen LogP contribution in [0.15, 0.2) is 0 Å². The minimum absolute atomic E-state index is 0.349. The van der Waals surface area contributed by atoms with Crippen molar-refractivity contribution in [2.75, 3.05) is 0 Å². The lowest BCUT2D eigenvalue weighted by molar-refractivity contribution is -0.542. The van der Waals surface area contributed by atoms with E-state index in [0.29, 0.717) is 6.92 Å². The van der Waals surface area contributed by atoms with Gasteiger partial charge in [0.25, 0.3) is 0 Å². The van der Waals surface area contributed by atoms with Crippen molar-refractivity contribution in [2.45, 2.75) is 55.8 Å². The standard InChI is InChI=1S/C9H5F15O2/c1-2-3(10,11)25-8(21,22)9(23,24)26-7(19,20)5(14,15)4(12,13)6(16,17)18/h2H2,1H3. The van der Waals surface area contributed by atoms with Crippen LogP contribution in [0.5, 0.6) is 0 Å². The van der Waals surface area contributed by atoms with Crippen LogP contribution in [0.3, 0.4) is 0 Å². The lowest BCUT2D eigenvalue weighted by Crippen LogP contribution is -2.64. The monoisotopic (exact) mass is 430 g/mol. The quantitative estimate of drug-likeness (QED) is 0.465. The zero-order chi connectivity index (χ0) is 21.6. The Hall–Kier alpha value is -1.13. The van der Waals surface area contributed by atoms with Crippen LogP contribution in [0.25, 0.3) is 0 Å². The first-order valence-electron chi connectivity index (χ1n) is 5.71. The molecule has 0 aromatic rings. The Morgan fingerprint density at radius 3 is 1.15 bits per heavy atom. The fraction of sp³-hybridized carbons (Fsp3) is 1.00. The Kier molecular flexibility index (Phi) is 6.21. The summed E-state index contributed by atoms with van der Waals surface area (Å²) in [5.41, 5.74) is 0. The highest BCUT2D eigenvalue weighted by Gasteiger charge is 2.85.